The predicted octanol–water partition coefficient (Wildman–Crippen LogP) is 11.0. The highest BCUT2D eigenvalue weighted by Crippen LogP contribution is 2.61. The molecule has 5 atom stereocenters. The zero-order valence-electron chi connectivity index (χ0n) is 28.1. The van der Waals surface area contributed by atoms with E-state index in [9.17, 15) is 9.59 Å². The number of hydrogen-bond donors (Lipinski definition) is 0. The Labute approximate surface area is 268 Å². The second kappa shape index (κ2) is 18.0. The summed E-state index contributed by atoms with van der Waals surface area (Å²) in [6.45, 7) is 6.87. The van der Waals surface area contributed by atoms with E-state index in [1.807, 2.05) is 18.2 Å². The normalized spacial score (nSPS) is 26.0. The first-order valence-corrected chi connectivity index (χ1v) is 18.3. The van der Waals surface area contributed by atoms with Gasteiger partial charge in [-0.05, 0) is 105 Å². The quantitative estimate of drug-likeness (QED) is 0.0724. The molecule has 4 heteroatoms. The van der Waals surface area contributed by atoms with Crippen LogP contribution in [0.2, 0.25) is 0 Å². The van der Waals surface area contributed by atoms with Gasteiger partial charge in [0.2, 0.25) is 0 Å². The van der Waals surface area contributed by atoms with E-state index in [0.717, 1.165) is 64.2 Å². The molecule has 0 saturated heterocycles. The van der Waals surface area contributed by atoms with Crippen LogP contribution in [-0.4, -0.2) is 18.0 Å². The Bertz CT molecular complexity index is 1100. The summed E-state index contributed by atoms with van der Waals surface area (Å²) in [6.07, 6.45) is 30.9. The maximum Gasteiger partial charge on any atom is 0.335 e. The smallest absolute Gasteiger partial charge is 0.335 e. The van der Waals surface area contributed by atoms with Gasteiger partial charge in [-0.3, -0.25) is 0 Å². The summed E-state index contributed by atoms with van der Waals surface area (Å²) in [7, 11) is 0. The summed E-state index contributed by atoms with van der Waals surface area (Å²) >= 11 is 0. The third-order valence-electron chi connectivity index (χ3n) is 11.0. The molecule has 0 N–H and O–H groups in total. The molecule has 44 heavy (non-hydrogen) atoms. The minimum atomic E-state index is -0.276. The van der Waals surface area contributed by atoms with E-state index in [0.29, 0.717) is 23.5 Å². The van der Waals surface area contributed by atoms with Crippen molar-refractivity contribution in [3.8, 4) is 5.75 Å². The molecule has 244 valence electrons. The van der Waals surface area contributed by atoms with E-state index >= 15 is 0 Å². The van der Waals surface area contributed by atoms with Crippen LogP contribution in [0.1, 0.15) is 160 Å². The number of carbonyl (C=O) groups is 2. The van der Waals surface area contributed by atoms with Crippen LogP contribution in [0.4, 0.5) is 0 Å². The van der Waals surface area contributed by atoms with Crippen LogP contribution < -0.4 is 4.74 Å². The number of unbranched alkanes of at least 4 members (excludes halogenated alkanes) is 12. The summed E-state index contributed by atoms with van der Waals surface area (Å²) in [5, 5.41) is 0. The Hall–Kier alpha value is -2.36. The van der Waals surface area contributed by atoms with Crippen molar-refractivity contribution in [2.45, 2.75) is 161 Å². The monoisotopic (exact) mass is 604 g/mol. The van der Waals surface area contributed by atoms with Crippen molar-refractivity contribution in [1.29, 1.82) is 0 Å². The van der Waals surface area contributed by atoms with E-state index in [4.69, 9.17) is 9.47 Å². The lowest BCUT2D eigenvalue weighted by Crippen LogP contribution is -2.45. The molecule has 1 aromatic carbocycles. The lowest BCUT2D eigenvalue weighted by Gasteiger charge is -2.50. The van der Waals surface area contributed by atoms with Crippen LogP contribution in [0.3, 0.4) is 0 Å². The van der Waals surface area contributed by atoms with Crippen molar-refractivity contribution in [2.75, 3.05) is 0 Å². The fraction of sp³-hybridized carbons (Fsp3) is 0.700. The molecule has 4 rings (SSSR count). The van der Waals surface area contributed by atoms with Crippen LogP contribution in [0.25, 0.3) is 0 Å². The molecule has 4 nitrogen and oxygen atoms in total. The van der Waals surface area contributed by atoms with E-state index in [1.54, 1.807) is 12.2 Å². The van der Waals surface area contributed by atoms with Crippen LogP contribution in [0.15, 0.2) is 42.5 Å². The van der Waals surface area contributed by atoms with Gasteiger partial charge in [-0.2, -0.15) is 0 Å². The molecule has 3 aliphatic rings. The first-order valence-electron chi connectivity index (χ1n) is 18.3. The lowest BCUT2D eigenvalue weighted by molar-refractivity contribution is -0.151. The van der Waals surface area contributed by atoms with Crippen LogP contribution in [0, 0.1) is 17.3 Å². The van der Waals surface area contributed by atoms with Gasteiger partial charge in [-0.15, -0.1) is 0 Å². The zero-order chi connectivity index (χ0) is 31.2. The zero-order valence-corrected chi connectivity index (χ0v) is 28.1. The van der Waals surface area contributed by atoms with Crippen molar-refractivity contribution in [2.24, 2.45) is 17.3 Å². The van der Waals surface area contributed by atoms with Gasteiger partial charge in [-0.1, -0.05) is 103 Å². The van der Waals surface area contributed by atoms with E-state index in [2.05, 4.69) is 32.9 Å². The molecule has 0 heterocycles. The Kier molecular flexibility index (Phi) is 14.1. The third-order valence-corrected chi connectivity index (χ3v) is 11.0. The summed E-state index contributed by atoms with van der Waals surface area (Å²) in [5.74, 6) is 2.00. The molecule has 0 spiro atoms. The molecule has 0 aliphatic heterocycles. The van der Waals surface area contributed by atoms with Gasteiger partial charge in [0.1, 0.15) is 11.9 Å². The number of esters is 2. The molecule has 0 radical (unpaired) electrons. The Morgan fingerprint density at radius 2 is 1.43 bits per heavy atom. The van der Waals surface area contributed by atoms with Gasteiger partial charge in [-0.25, -0.2) is 9.59 Å². The number of hydrogen-bond acceptors (Lipinski definition) is 4. The molecule has 0 bridgehead atoms. The molecule has 1 aromatic rings. The predicted molar refractivity (Wildman–Crippen MR) is 181 cm³/mol. The number of benzene rings is 1. The number of ether oxygens (including phenoxy) is 2. The third kappa shape index (κ3) is 9.57. The molecular weight excluding hydrogens is 544 g/mol. The summed E-state index contributed by atoms with van der Waals surface area (Å²) < 4.78 is 11.8. The van der Waals surface area contributed by atoms with Crippen LogP contribution in [0.5, 0.6) is 5.75 Å². The Balaban J connectivity index is 1.24. The fourth-order valence-corrected chi connectivity index (χ4v) is 8.54. The Morgan fingerprint density at radius 3 is 2.11 bits per heavy atom. The van der Waals surface area contributed by atoms with Gasteiger partial charge >= 0.3 is 11.9 Å². The van der Waals surface area contributed by atoms with Crippen molar-refractivity contribution in [3.05, 3.63) is 53.6 Å². The van der Waals surface area contributed by atoms with E-state index in [-0.39, 0.29) is 23.5 Å². The van der Waals surface area contributed by atoms with Crippen molar-refractivity contribution < 1.29 is 19.1 Å². The molecule has 0 amide bonds. The van der Waals surface area contributed by atoms with Gasteiger partial charge in [0.15, 0.2) is 0 Å². The molecule has 3 aliphatic carbocycles. The van der Waals surface area contributed by atoms with Gasteiger partial charge in [0.25, 0.3) is 0 Å². The first kappa shape index (κ1) is 34.5. The SMILES string of the molecule is CCCCCCCCC=CC(=O)Oc1ccc2c(c1)CC[C@@H]1[C@@H]2CC[C@]2(C)C(OC(=O)C=CCCCCCCCC)CC[C@@H]12. The average Bonchev–Trinajstić information content (AvgIpc) is 3.35. The minimum absolute atomic E-state index is 0.0249. The second-order valence-corrected chi connectivity index (χ2v) is 14.2. The lowest BCUT2D eigenvalue weighted by atomic mass is 9.55. The molecule has 0 aromatic heterocycles. The summed E-state index contributed by atoms with van der Waals surface area (Å²) in [5.41, 5.74) is 2.85. The van der Waals surface area contributed by atoms with E-state index < -0.39 is 0 Å². The number of allylic oxidation sites excluding steroid dienone is 2. The maximum absolute atomic E-state index is 12.7. The Morgan fingerprint density at radius 1 is 0.795 bits per heavy atom. The number of aryl methyl sites for hydroxylation is 1. The highest BCUT2D eigenvalue weighted by atomic mass is 16.5. The van der Waals surface area contributed by atoms with Crippen molar-refractivity contribution >= 4 is 11.9 Å². The molecular formula is C40H60O4. The van der Waals surface area contributed by atoms with Gasteiger partial charge in [0, 0.05) is 17.6 Å². The molecule has 2 saturated carbocycles. The van der Waals surface area contributed by atoms with E-state index in [1.165, 1.54) is 75.3 Å². The highest BCUT2D eigenvalue weighted by molar-refractivity contribution is 5.84. The number of fused-ring (bicyclic) bond motifs is 5. The van der Waals surface area contributed by atoms with Gasteiger partial charge in [0.05, 0.1) is 0 Å². The maximum atomic E-state index is 12.7. The fourth-order valence-electron chi connectivity index (χ4n) is 8.54. The number of rotatable bonds is 18. The van der Waals surface area contributed by atoms with Gasteiger partial charge < -0.3 is 9.47 Å². The molecule has 1 unspecified atom stereocenters. The number of carbonyl (C=O) groups excluding carboxylic acids is 2. The first-order chi connectivity index (χ1) is 21.5. The minimum Gasteiger partial charge on any atom is -0.459 e. The van der Waals surface area contributed by atoms with Crippen molar-refractivity contribution in [3.63, 3.8) is 0 Å². The largest absolute Gasteiger partial charge is 0.459 e. The summed E-state index contributed by atoms with van der Waals surface area (Å²) in [4.78, 5) is 25.2. The molecule has 2 fully saturated rings. The van der Waals surface area contributed by atoms with Crippen LogP contribution >= 0.6 is 0 Å². The highest BCUT2D eigenvalue weighted by Gasteiger charge is 2.56. The van der Waals surface area contributed by atoms with Crippen molar-refractivity contribution in [1.82, 2.24) is 0 Å². The van der Waals surface area contributed by atoms with Crippen LogP contribution in [-0.2, 0) is 20.7 Å². The second-order valence-electron chi connectivity index (χ2n) is 14.2. The summed E-state index contributed by atoms with van der Waals surface area (Å²) in [6, 6.07) is 6.32. The topological polar surface area (TPSA) is 52.6 Å². The standard InChI is InChI=1S/C40H60O4/c1-4-6-8-10-12-14-16-18-20-38(41)43-32-23-25-33-31(30-32)22-24-35-34(33)28-29-40(3)36(35)26-27-37(40)44-39(42)21-19-17-15-13-11-9-7-5-2/h18-21,23,25,30,34-37H,4-17,22,24,26-29H2,1-3H3/t34-,35-,36+,37?,40+/m1/s1. The average molecular weight is 605 g/mol.